The molecule has 1 fully saturated rings. The van der Waals surface area contributed by atoms with Crippen molar-refractivity contribution in [2.45, 2.75) is 6.92 Å². The van der Waals surface area contributed by atoms with E-state index in [2.05, 4.69) is 0 Å². The average molecular weight is 374 g/mol. The fraction of sp³-hybridized carbons (Fsp3) is 0.368. The van der Waals surface area contributed by atoms with Gasteiger partial charge in [-0.25, -0.2) is 0 Å². The zero-order chi connectivity index (χ0) is 18.7. The molecule has 0 unspecified atom stereocenters. The Morgan fingerprint density at radius 2 is 1.58 bits per heavy atom. The predicted molar refractivity (Wildman–Crippen MR) is 100 cm³/mol. The van der Waals surface area contributed by atoms with Crippen molar-refractivity contribution in [2.24, 2.45) is 0 Å². The Kier molecular flexibility index (Phi) is 5.46. The van der Waals surface area contributed by atoms with E-state index in [0.29, 0.717) is 43.2 Å². The quantitative estimate of drug-likeness (QED) is 0.826. The Labute approximate surface area is 156 Å². The molecule has 3 rings (SSSR count). The summed E-state index contributed by atoms with van der Waals surface area (Å²) in [5, 5.41) is 0. The molecule has 1 aromatic carbocycles. The van der Waals surface area contributed by atoms with Gasteiger partial charge in [-0.15, -0.1) is 11.3 Å². The lowest BCUT2D eigenvalue weighted by Crippen LogP contribution is -2.50. The van der Waals surface area contributed by atoms with Crippen LogP contribution in [0.15, 0.2) is 30.3 Å². The molecular weight excluding hydrogens is 352 g/mol. The first-order chi connectivity index (χ1) is 12.5. The smallest absolute Gasteiger partial charge is 0.264 e. The zero-order valence-corrected chi connectivity index (χ0v) is 16.0. The minimum Gasteiger partial charge on any atom is -0.497 e. The number of nitrogens with zero attached hydrogens (tertiary/aromatic N) is 2. The SMILES string of the molecule is COc1ccc(OC)c(C(=O)N2CCN(C(=O)c3ccc(C)s3)CC2)c1. The molecule has 1 aromatic heterocycles. The van der Waals surface area contributed by atoms with Gasteiger partial charge in [0.25, 0.3) is 11.8 Å². The van der Waals surface area contributed by atoms with Crippen molar-refractivity contribution >= 4 is 23.2 Å². The van der Waals surface area contributed by atoms with Crippen LogP contribution in [0.25, 0.3) is 0 Å². The molecule has 2 amide bonds. The normalized spacial score (nSPS) is 14.3. The molecule has 0 radical (unpaired) electrons. The van der Waals surface area contributed by atoms with E-state index in [1.807, 2.05) is 19.1 Å². The second-order valence-electron chi connectivity index (χ2n) is 6.06. The number of piperazine rings is 1. The van der Waals surface area contributed by atoms with Gasteiger partial charge in [0, 0.05) is 31.1 Å². The maximum Gasteiger partial charge on any atom is 0.264 e. The number of methoxy groups -OCH3 is 2. The van der Waals surface area contributed by atoms with Gasteiger partial charge < -0.3 is 19.3 Å². The van der Waals surface area contributed by atoms with E-state index < -0.39 is 0 Å². The highest BCUT2D eigenvalue weighted by Gasteiger charge is 2.27. The molecule has 0 atom stereocenters. The van der Waals surface area contributed by atoms with E-state index in [-0.39, 0.29) is 11.8 Å². The second-order valence-corrected chi connectivity index (χ2v) is 7.35. The van der Waals surface area contributed by atoms with Gasteiger partial charge in [-0.3, -0.25) is 9.59 Å². The van der Waals surface area contributed by atoms with E-state index in [1.165, 1.54) is 18.4 Å². The minimum atomic E-state index is -0.111. The molecule has 26 heavy (non-hydrogen) atoms. The number of carbonyl (C=O) groups is 2. The van der Waals surface area contributed by atoms with Gasteiger partial charge in [-0.05, 0) is 37.3 Å². The van der Waals surface area contributed by atoms with Crippen molar-refractivity contribution in [1.29, 1.82) is 0 Å². The number of carbonyl (C=O) groups excluding carboxylic acids is 2. The highest BCUT2D eigenvalue weighted by Crippen LogP contribution is 2.26. The molecule has 2 heterocycles. The minimum absolute atomic E-state index is 0.0363. The molecule has 2 aromatic rings. The molecule has 0 bridgehead atoms. The molecule has 0 N–H and O–H groups in total. The van der Waals surface area contributed by atoms with Crippen molar-refractivity contribution in [3.63, 3.8) is 0 Å². The Hall–Kier alpha value is -2.54. The third-order valence-corrected chi connectivity index (χ3v) is 5.43. The molecule has 7 heteroatoms. The van der Waals surface area contributed by atoms with E-state index in [4.69, 9.17) is 9.47 Å². The summed E-state index contributed by atoms with van der Waals surface area (Å²) in [4.78, 5) is 30.8. The van der Waals surface area contributed by atoms with Gasteiger partial charge in [0.1, 0.15) is 11.5 Å². The number of rotatable bonds is 4. The first-order valence-corrected chi connectivity index (χ1v) is 9.22. The lowest BCUT2D eigenvalue weighted by atomic mass is 10.1. The number of benzene rings is 1. The first-order valence-electron chi connectivity index (χ1n) is 8.40. The Balaban J connectivity index is 1.68. The van der Waals surface area contributed by atoms with E-state index >= 15 is 0 Å². The highest BCUT2D eigenvalue weighted by molar-refractivity contribution is 7.13. The third kappa shape index (κ3) is 3.67. The van der Waals surface area contributed by atoms with Gasteiger partial charge in [-0.1, -0.05) is 0 Å². The number of hydrogen-bond acceptors (Lipinski definition) is 5. The van der Waals surface area contributed by atoms with Crippen LogP contribution in [-0.2, 0) is 0 Å². The molecular formula is C19H22N2O4S. The topological polar surface area (TPSA) is 59.1 Å². The molecule has 6 nitrogen and oxygen atoms in total. The highest BCUT2D eigenvalue weighted by atomic mass is 32.1. The number of hydrogen-bond donors (Lipinski definition) is 0. The fourth-order valence-corrected chi connectivity index (χ4v) is 3.80. The number of aryl methyl sites for hydroxylation is 1. The van der Waals surface area contributed by atoms with Crippen molar-refractivity contribution in [1.82, 2.24) is 9.80 Å². The van der Waals surface area contributed by atoms with E-state index in [9.17, 15) is 9.59 Å². The summed E-state index contributed by atoms with van der Waals surface area (Å²) in [5.74, 6) is 1.05. The maximum absolute atomic E-state index is 12.9. The van der Waals surface area contributed by atoms with Gasteiger partial charge in [-0.2, -0.15) is 0 Å². The molecule has 1 saturated heterocycles. The number of thiophene rings is 1. The van der Waals surface area contributed by atoms with Crippen LogP contribution in [-0.4, -0.2) is 62.0 Å². The van der Waals surface area contributed by atoms with Crippen LogP contribution in [0.1, 0.15) is 24.9 Å². The summed E-state index contributed by atoms with van der Waals surface area (Å²) >= 11 is 1.50. The van der Waals surface area contributed by atoms with E-state index in [1.54, 1.807) is 35.1 Å². The summed E-state index contributed by atoms with van der Waals surface area (Å²) in [7, 11) is 3.10. The van der Waals surface area contributed by atoms with Crippen LogP contribution in [0.4, 0.5) is 0 Å². The van der Waals surface area contributed by atoms with Crippen LogP contribution in [0.5, 0.6) is 11.5 Å². The summed E-state index contributed by atoms with van der Waals surface area (Å²) < 4.78 is 10.5. The molecule has 1 aliphatic rings. The first kappa shape index (κ1) is 18.3. The largest absolute Gasteiger partial charge is 0.497 e. The zero-order valence-electron chi connectivity index (χ0n) is 15.2. The van der Waals surface area contributed by atoms with Gasteiger partial charge in [0.05, 0.1) is 24.7 Å². The van der Waals surface area contributed by atoms with Crippen LogP contribution in [0, 0.1) is 6.92 Å². The number of amides is 2. The predicted octanol–water partition coefficient (Wildman–Crippen LogP) is 2.67. The molecule has 0 aliphatic carbocycles. The summed E-state index contributed by atoms with van der Waals surface area (Å²) in [6.07, 6.45) is 0. The van der Waals surface area contributed by atoms with Crippen molar-refractivity contribution in [2.75, 3.05) is 40.4 Å². The summed E-state index contributed by atoms with van der Waals surface area (Å²) in [6.45, 7) is 4.02. The molecule has 0 spiro atoms. The van der Waals surface area contributed by atoms with Crippen LogP contribution >= 0.6 is 11.3 Å². The lowest BCUT2D eigenvalue weighted by Gasteiger charge is -2.34. The second kappa shape index (κ2) is 7.78. The van der Waals surface area contributed by atoms with Gasteiger partial charge in [0.15, 0.2) is 0 Å². The molecule has 0 saturated carbocycles. The lowest BCUT2D eigenvalue weighted by molar-refractivity contribution is 0.0536. The van der Waals surface area contributed by atoms with Crippen LogP contribution in [0.3, 0.4) is 0 Å². The Morgan fingerprint density at radius 1 is 0.923 bits per heavy atom. The van der Waals surface area contributed by atoms with Crippen molar-refractivity contribution in [3.05, 3.63) is 45.6 Å². The standard InChI is InChI=1S/C19H22N2O4S/c1-13-4-7-17(26-13)19(23)21-10-8-20(9-11-21)18(22)15-12-14(24-2)5-6-16(15)25-3/h4-7,12H,8-11H2,1-3H3. The number of ether oxygens (including phenoxy) is 2. The summed E-state index contributed by atoms with van der Waals surface area (Å²) in [6, 6.07) is 8.99. The van der Waals surface area contributed by atoms with Gasteiger partial charge in [0.2, 0.25) is 0 Å². The fourth-order valence-electron chi connectivity index (χ4n) is 2.97. The Morgan fingerprint density at radius 3 is 2.12 bits per heavy atom. The van der Waals surface area contributed by atoms with Crippen LogP contribution in [0.2, 0.25) is 0 Å². The molecule has 1 aliphatic heterocycles. The summed E-state index contributed by atoms with van der Waals surface area (Å²) in [5.41, 5.74) is 0.473. The van der Waals surface area contributed by atoms with E-state index in [0.717, 1.165) is 9.75 Å². The monoisotopic (exact) mass is 374 g/mol. The molecule has 138 valence electrons. The maximum atomic E-state index is 12.9. The van der Waals surface area contributed by atoms with Crippen molar-refractivity contribution in [3.8, 4) is 11.5 Å². The Bertz CT molecular complexity index is 810. The van der Waals surface area contributed by atoms with Gasteiger partial charge >= 0.3 is 0 Å². The third-order valence-electron chi connectivity index (χ3n) is 4.44. The van der Waals surface area contributed by atoms with Crippen molar-refractivity contribution < 1.29 is 19.1 Å². The average Bonchev–Trinajstić information content (AvgIpc) is 3.12. The van der Waals surface area contributed by atoms with Crippen LogP contribution < -0.4 is 9.47 Å².